The fourth-order valence-electron chi connectivity index (χ4n) is 6.03. The van der Waals surface area contributed by atoms with Crippen molar-refractivity contribution in [3.63, 3.8) is 0 Å². The summed E-state index contributed by atoms with van der Waals surface area (Å²) in [5, 5.41) is 11.0. The maximum atomic E-state index is 12.9. The van der Waals surface area contributed by atoms with E-state index in [9.17, 15) is 19.7 Å². The molecule has 0 radical (unpaired) electrons. The van der Waals surface area contributed by atoms with Crippen LogP contribution < -0.4 is 0 Å². The summed E-state index contributed by atoms with van der Waals surface area (Å²) in [4.78, 5) is 37.0. The molecule has 136 valence electrons. The van der Waals surface area contributed by atoms with E-state index in [1.807, 2.05) is 0 Å². The number of hydrogen-bond donors (Lipinski definition) is 0. The Morgan fingerprint density at radius 1 is 1.15 bits per heavy atom. The van der Waals surface area contributed by atoms with Crippen molar-refractivity contribution in [3.8, 4) is 0 Å². The molecule has 1 aromatic carbocycles. The van der Waals surface area contributed by atoms with Gasteiger partial charge in [-0.3, -0.25) is 14.9 Å². The maximum absolute atomic E-state index is 12.9. The lowest BCUT2D eigenvalue weighted by Gasteiger charge is -2.58. The molecule has 7 nitrogen and oxygen atoms in total. The summed E-state index contributed by atoms with van der Waals surface area (Å²) in [6, 6.07) is 5.52. The predicted molar refractivity (Wildman–Crippen MR) is 90.4 cm³/mol. The Morgan fingerprint density at radius 2 is 1.81 bits per heavy atom. The molecule has 5 aliphatic rings. The van der Waals surface area contributed by atoms with Crippen LogP contribution >= 0.6 is 0 Å². The number of nitro groups is 1. The minimum Gasteiger partial charge on any atom is -0.440 e. The monoisotopic (exact) mass is 356 g/mol. The summed E-state index contributed by atoms with van der Waals surface area (Å²) >= 11 is 0. The smallest absolute Gasteiger partial charge is 0.417 e. The highest BCUT2D eigenvalue weighted by Crippen LogP contribution is 2.61. The van der Waals surface area contributed by atoms with Gasteiger partial charge in [0.25, 0.3) is 11.6 Å². The van der Waals surface area contributed by atoms with Crippen LogP contribution in [0.25, 0.3) is 0 Å². The summed E-state index contributed by atoms with van der Waals surface area (Å²) in [7, 11) is 0. The molecule has 1 spiro atoms. The van der Waals surface area contributed by atoms with E-state index in [1.165, 1.54) is 30.7 Å². The van der Waals surface area contributed by atoms with Gasteiger partial charge in [0.15, 0.2) is 0 Å². The quantitative estimate of drug-likeness (QED) is 0.598. The summed E-state index contributed by atoms with van der Waals surface area (Å²) in [6.45, 7) is 0.280. The highest BCUT2D eigenvalue weighted by Gasteiger charge is 2.63. The first-order valence-corrected chi connectivity index (χ1v) is 9.25. The van der Waals surface area contributed by atoms with Crippen molar-refractivity contribution in [2.75, 3.05) is 6.54 Å². The molecule has 4 saturated carbocycles. The van der Waals surface area contributed by atoms with E-state index in [0.717, 1.165) is 42.4 Å². The largest absolute Gasteiger partial charge is 0.440 e. The van der Waals surface area contributed by atoms with Crippen molar-refractivity contribution in [1.29, 1.82) is 0 Å². The maximum Gasteiger partial charge on any atom is 0.417 e. The van der Waals surface area contributed by atoms with Crippen molar-refractivity contribution in [1.82, 2.24) is 4.90 Å². The topological polar surface area (TPSA) is 89.8 Å². The molecular weight excluding hydrogens is 336 g/mol. The fraction of sp³-hybridized carbons (Fsp3) is 0.579. The molecule has 1 aromatic rings. The Labute approximate surface area is 150 Å². The number of imide groups is 1. The van der Waals surface area contributed by atoms with Gasteiger partial charge in [-0.25, -0.2) is 9.69 Å². The zero-order valence-corrected chi connectivity index (χ0v) is 14.3. The fourth-order valence-corrected chi connectivity index (χ4v) is 6.03. The summed E-state index contributed by atoms with van der Waals surface area (Å²) in [5.41, 5.74) is -0.550. The first-order valence-electron chi connectivity index (χ1n) is 9.25. The molecule has 0 atom stereocenters. The number of rotatable bonds is 2. The Balaban J connectivity index is 1.43. The molecule has 4 aliphatic carbocycles. The Bertz CT molecular complexity index is 792. The number of amides is 2. The second kappa shape index (κ2) is 5.28. The van der Waals surface area contributed by atoms with Crippen LogP contribution in [0.15, 0.2) is 24.3 Å². The zero-order valence-electron chi connectivity index (χ0n) is 14.3. The van der Waals surface area contributed by atoms with Crippen LogP contribution in [0.1, 0.15) is 42.5 Å². The van der Waals surface area contributed by atoms with E-state index in [4.69, 9.17) is 4.74 Å². The molecule has 6 rings (SSSR count). The minimum atomic E-state index is -0.603. The minimum absolute atomic E-state index is 0.150. The summed E-state index contributed by atoms with van der Waals surface area (Å²) in [5.74, 6) is 1.65. The summed E-state index contributed by atoms with van der Waals surface area (Å²) in [6.07, 6.45) is 5.03. The second-order valence-corrected chi connectivity index (χ2v) is 8.33. The van der Waals surface area contributed by atoms with Crippen LogP contribution in [0.5, 0.6) is 0 Å². The Hall–Kier alpha value is -2.44. The third-order valence-electron chi connectivity index (χ3n) is 6.97. The van der Waals surface area contributed by atoms with E-state index in [0.29, 0.717) is 11.8 Å². The second-order valence-electron chi connectivity index (χ2n) is 8.33. The van der Waals surface area contributed by atoms with Crippen LogP contribution in [-0.4, -0.2) is 34.0 Å². The van der Waals surface area contributed by atoms with Gasteiger partial charge in [0.2, 0.25) is 0 Å². The van der Waals surface area contributed by atoms with Crippen LogP contribution in [0.2, 0.25) is 0 Å². The first-order chi connectivity index (χ1) is 12.5. The van der Waals surface area contributed by atoms with E-state index in [2.05, 4.69) is 0 Å². The van der Waals surface area contributed by atoms with E-state index in [1.54, 1.807) is 0 Å². The van der Waals surface area contributed by atoms with Crippen molar-refractivity contribution < 1.29 is 19.2 Å². The number of non-ortho nitro benzene ring substituents is 1. The molecular formula is C19H20N2O5. The normalized spacial score (nSPS) is 37.2. The molecule has 5 fully saturated rings. The van der Waals surface area contributed by atoms with Crippen molar-refractivity contribution in [2.24, 2.45) is 23.7 Å². The molecule has 1 saturated heterocycles. The van der Waals surface area contributed by atoms with Crippen LogP contribution in [0.4, 0.5) is 10.5 Å². The first kappa shape index (κ1) is 15.8. The van der Waals surface area contributed by atoms with Gasteiger partial charge in [-0.2, -0.15) is 0 Å². The number of hydrogen-bond acceptors (Lipinski definition) is 5. The number of nitrogens with zero attached hydrogens (tertiary/aromatic N) is 2. The number of benzene rings is 1. The van der Waals surface area contributed by atoms with Crippen molar-refractivity contribution in [2.45, 2.75) is 37.7 Å². The Kier molecular flexibility index (Phi) is 3.21. The average molecular weight is 356 g/mol. The van der Waals surface area contributed by atoms with Crippen LogP contribution in [-0.2, 0) is 4.74 Å². The van der Waals surface area contributed by atoms with Gasteiger partial charge in [0.05, 0.1) is 11.5 Å². The Morgan fingerprint density at radius 3 is 2.42 bits per heavy atom. The molecule has 0 N–H and O–H groups in total. The summed E-state index contributed by atoms with van der Waals surface area (Å²) < 4.78 is 5.89. The van der Waals surface area contributed by atoms with E-state index < -0.39 is 22.5 Å². The molecule has 0 unspecified atom stereocenters. The number of carbonyl (C=O) groups is 2. The third kappa shape index (κ3) is 2.12. The molecule has 4 bridgehead atoms. The van der Waals surface area contributed by atoms with Crippen molar-refractivity contribution in [3.05, 3.63) is 39.9 Å². The van der Waals surface area contributed by atoms with Crippen LogP contribution in [0.3, 0.4) is 0 Å². The third-order valence-corrected chi connectivity index (χ3v) is 6.97. The highest BCUT2D eigenvalue weighted by atomic mass is 16.6. The number of ether oxygens (including phenoxy) is 1. The van der Waals surface area contributed by atoms with Gasteiger partial charge in [0, 0.05) is 29.5 Å². The highest BCUT2D eigenvalue weighted by molar-refractivity contribution is 6.04. The molecule has 0 aromatic heterocycles. The molecule has 1 aliphatic heterocycles. The van der Waals surface area contributed by atoms with Gasteiger partial charge in [-0.15, -0.1) is 0 Å². The predicted octanol–water partition coefficient (Wildman–Crippen LogP) is 3.38. The van der Waals surface area contributed by atoms with Gasteiger partial charge >= 0.3 is 6.09 Å². The lowest BCUT2D eigenvalue weighted by atomic mass is 9.50. The molecule has 1 heterocycles. The number of carbonyl (C=O) groups excluding carboxylic acids is 2. The van der Waals surface area contributed by atoms with Gasteiger partial charge in [-0.1, -0.05) is 6.07 Å². The van der Waals surface area contributed by atoms with Crippen molar-refractivity contribution >= 4 is 17.7 Å². The lowest BCUT2D eigenvalue weighted by molar-refractivity contribution is -0.384. The average Bonchev–Trinajstić information content (AvgIpc) is 2.97. The SMILES string of the molecule is O=C1OC2(CN1C(=O)c1cccc([N+](=O)[O-])c1)C1CC3CC(C1)CC2C3. The number of nitro benzene ring substituents is 1. The van der Waals surface area contributed by atoms with Gasteiger partial charge < -0.3 is 4.74 Å². The van der Waals surface area contributed by atoms with Gasteiger partial charge in [-0.05, 0) is 50.0 Å². The lowest BCUT2D eigenvalue weighted by Crippen LogP contribution is -2.59. The molecule has 26 heavy (non-hydrogen) atoms. The standard InChI is InChI=1S/C19H20N2O5/c22-17(13-2-1-3-16(9-13)21(24)25)20-10-19(26-18(20)23)14-5-11-4-12(7-14)8-15(19)6-11/h1-3,9,11-12,14-15H,4-8,10H2. The molecule has 7 heteroatoms. The molecule has 2 amide bonds. The van der Waals surface area contributed by atoms with E-state index >= 15 is 0 Å². The zero-order chi connectivity index (χ0) is 18.1. The van der Waals surface area contributed by atoms with Gasteiger partial charge in [0.1, 0.15) is 5.60 Å². The van der Waals surface area contributed by atoms with Crippen LogP contribution in [0, 0.1) is 33.8 Å². The van der Waals surface area contributed by atoms with E-state index in [-0.39, 0.29) is 17.8 Å².